The summed E-state index contributed by atoms with van der Waals surface area (Å²) in [6, 6.07) is 12.4. The average molecular weight is 468 g/mol. The third-order valence-electron chi connectivity index (χ3n) is 4.92. The van der Waals surface area contributed by atoms with Crippen molar-refractivity contribution in [1.29, 1.82) is 0 Å². The predicted molar refractivity (Wildman–Crippen MR) is 127 cm³/mol. The molecule has 0 atom stereocenters. The first kappa shape index (κ1) is 23.9. The van der Waals surface area contributed by atoms with Crippen molar-refractivity contribution >= 4 is 45.8 Å². The van der Waals surface area contributed by atoms with Crippen molar-refractivity contribution in [2.75, 3.05) is 24.0 Å². The highest BCUT2D eigenvalue weighted by atomic mass is 32.1. The molecule has 0 aliphatic rings. The lowest BCUT2D eigenvalue weighted by Crippen LogP contribution is -2.27. The van der Waals surface area contributed by atoms with E-state index in [1.54, 1.807) is 34.5 Å². The lowest BCUT2D eigenvalue weighted by molar-refractivity contribution is -0.115. The Morgan fingerprint density at radius 2 is 1.79 bits per heavy atom. The number of rotatable bonds is 6. The summed E-state index contributed by atoms with van der Waals surface area (Å²) < 4.78 is 10.2. The number of anilines is 3. The van der Waals surface area contributed by atoms with Crippen LogP contribution in [0.5, 0.6) is 0 Å². The van der Waals surface area contributed by atoms with Gasteiger partial charge in [0.15, 0.2) is 5.13 Å². The van der Waals surface area contributed by atoms with E-state index in [9.17, 15) is 14.4 Å². The number of hydrogen-bond donors (Lipinski definition) is 0. The van der Waals surface area contributed by atoms with Crippen molar-refractivity contribution in [3.05, 3.63) is 70.2 Å². The van der Waals surface area contributed by atoms with Gasteiger partial charge in [-0.05, 0) is 37.6 Å². The van der Waals surface area contributed by atoms with Gasteiger partial charge in [-0.3, -0.25) is 14.6 Å². The van der Waals surface area contributed by atoms with Crippen molar-refractivity contribution in [1.82, 2.24) is 4.98 Å². The van der Waals surface area contributed by atoms with E-state index >= 15 is 0 Å². The highest BCUT2D eigenvalue weighted by Gasteiger charge is 2.22. The van der Waals surface area contributed by atoms with Gasteiger partial charge in [-0.1, -0.05) is 29.8 Å². The van der Waals surface area contributed by atoms with Gasteiger partial charge < -0.3 is 9.47 Å². The summed E-state index contributed by atoms with van der Waals surface area (Å²) >= 11 is 1.29. The van der Waals surface area contributed by atoms with Gasteiger partial charge in [-0.25, -0.2) is 14.6 Å². The van der Waals surface area contributed by atoms with Gasteiger partial charge in [-0.15, -0.1) is 11.3 Å². The molecule has 0 fully saturated rings. The number of amides is 2. The van der Waals surface area contributed by atoms with Crippen LogP contribution in [0, 0.1) is 13.8 Å². The van der Waals surface area contributed by atoms with Crippen molar-refractivity contribution in [2.24, 2.45) is 0 Å². The maximum atomic E-state index is 12.7. The molecule has 0 radical (unpaired) electrons. The molecule has 0 saturated carbocycles. The summed E-state index contributed by atoms with van der Waals surface area (Å²) in [7, 11) is 2.77. The quantitative estimate of drug-likeness (QED) is 0.474. The number of nitrogens with zero attached hydrogens (tertiary/aromatic N) is 3. The zero-order chi connectivity index (χ0) is 24.1. The number of carbonyl (C=O) groups is 3. The first-order chi connectivity index (χ1) is 15.7. The van der Waals surface area contributed by atoms with E-state index in [-0.39, 0.29) is 18.1 Å². The van der Waals surface area contributed by atoms with Crippen LogP contribution in [0.4, 0.5) is 21.3 Å². The standard InChI is InChI=1S/C24H25N3O5S/c1-15-10-11-20(16(2)12-15)27(17(3)28)23-25-18(14-33-23)13-32-22(29)19-8-6-7-9-21(19)26(4)24(30)31-5/h6-12,14H,13H2,1-5H3. The molecule has 1 heterocycles. The maximum absolute atomic E-state index is 12.7. The van der Waals surface area contributed by atoms with Crippen molar-refractivity contribution in [2.45, 2.75) is 27.4 Å². The van der Waals surface area contributed by atoms with Crippen LogP contribution in [0.3, 0.4) is 0 Å². The normalized spacial score (nSPS) is 10.5. The van der Waals surface area contributed by atoms with Crippen molar-refractivity contribution < 1.29 is 23.9 Å². The van der Waals surface area contributed by atoms with E-state index in [1.807, 2.05) is 32.0 Å². The summed E-state index contributed by atoms with van der Waals surface area (Å²) in [5.74, 6) is -0.770. The summed E-state index contributed by atoms with van der Waals surface area (Å²) in [6.07, 6.45) is -0.602. The molecule has 0 saturated heterocycles. The summed E-state index contributed by atoms with van der Waals surface area (Å²) in [4.78, 5) is 44.2. The average Bonchev–Trinajstić information content (AvgIpc) is 3.26. The highest BCUT2D eigenvalue weighted by Crippen LogP contribution is 2.32. The number of aryl methyl sites for hydroxylation is 2. The van der Waals surface area contributed by atoms with E-state index in [2.05, 4.69) is 4.98 Å². The molecule has 0 bridgehead atoms. The van der Waals surface area contributed by atoms with Crippen molar-refractivity contribution in [3.8, 4) is 0 Å². The van der Waals surface area contributed by atoms with Crippen LogP contribution in [-0.4, -0.2) is 37.1 Å². The molecule has 172 valence electrons. The second-order valence-electron chi connectivity index (χ2n) is 7.39. The third-order valence-corrected chi connectivity index (χ3v) is 5.80. The van der Waals surface area contributed by atoms with Gasteiger partial charge in [0, 0.05) is 19.4 Å². The predicted octanol–water partition coefficient (Wildman–Crippen LogP) is 5.00. The van der Waals surface area contributed by atoms with Crippen LogP contribution in [0.1, 0.15) is 34.1 Å². The molecule has 9 heteroatoms. The summed E-state index contributed by atoms with van der Waals surface area (Å²) in [6.45, 7) is 5.34. The third kappa shape index (κ3) is 5.38. The zero-order valence-electron chi connectivity index (χ0n) is 19.1. The smallest absolute Gasteiger partial charge is 0.413 e. The van der Waals surface area contributed by atoms with Gasteiger partial charge in [0.05, 0.1) is 29.7 Å². The fourth-order valence-corrected chi connectivity index (χ4v) is 4.18. The molecule has 0 spiro atoms. The first-order valence-corrected chi connectivity index (χ1v) is 11.0. The fourth-order valence-electron chi connectivity index (χ4n) is 3.32. The lowest BCUT2D eigenvalue weighted by atomic mass is 10.1. The first-order valence-electron chi connectivity index (χ1n) is 10.1. The molecule has 0 aliphatic heterocycles. The molecule has 33 heavy (non-hydrogen) atoms. The number of ether oxygens (including phenoxy) is 2. The molecule has 3 aromatic rings. The number of methoxy groups -OCH3 is 1. The van der Waals surface area contributed by atoms with E-state index in [0.29, 0.717) is 16.5 Å². The Morgan fingerprint density at radius 1 is 1.06 bits per heavy atom. The summed E-state index contributed by atoms with van der Waals surface area (Å²) in [5.41, 5.74) is 3.92. The molecule has 3 rings (SSSR count). The van der Waals surface area contributed by atoms with E-state index < -0.39 is 12.1 Å². The van der Waals surface area contributed by atoms with Crippen LogP contribution in [0.15, 0.2) is 47.8 Å². The highest BCUT2D eigenvalue weighted by molar-refractivity contribution is 7.14. The Hall–Kier alpha value is -3.72. The molecular formula is C24H25N3O5S. The molecule has 0 unspecified atom stereocenters. The minimum absolute atomic E-state index is 0.0791. The second-order valence-corrected chi connectivity index (χ2v) is 8.22. The fraction of sp³-hybridized carbons (Fsp3) is 0.250. The van der Waals surface area contributed by atoms with Crippen LogP contribution in [-0.2, 0) is 20.9 Å². The number of carbonyl (C=O) groups excluding carboxylic acids is 3. The lowest BCUT2D eigenvalue weighted by Gasteiger charge is -2.20. The van der Waals surface area contributed by atoms with E-state index in [4.69, 9.17) is 9.47 Å². The molecule has 0 aliphatic carbocycles. The number of hydrogen-bond acceptors (Lipinski definition) is 7. The Kier molecular flexibility index (Phi) is 7.44. The number of esters is 1. The Labute approximate surface area is 196 Å². The minimum atomic E-state index is -0.603. The maximum Gasteiger partial charge on any atom is 0.413 e. The van der Waals surface area contributed by atoms with Crippen LogP contribution in [0.25, 0.3) is 0 Å². The van der Waals surface area contributed by atoms with Gasteiger partial charge >= 0.3 is 12.1 Å². The minimum Gasteiger partial charge on any atom is -0.455 e. The van der Waals surface area contributed by atoms with Gasteiger partial charge in [0.25, 0.3) is 0 Å². The van der Waals surface area contributed by atoms with Gasteiger partial charge in [0.2, 0.25) is 5.91 Å². The molecule has 8 nitrogen and oxygen atoms in total. The topological polar surface area (TPSA) is 89.0 Å². The Morgan fingerprint density at radius 3 is 2.45 bits per heavy atom. The summed E-state index contributed by atoms with van der Waals surface area (Å²) in [5, 5.41) is 2.24. The van der Waals surface area contributed by atoms with Crippen LogP contribution in [0.2, 0.25) is 0 Å². The SMILES string of the molecule is COC(=O)N(C)c1ccccc1C(=O)OCc1csc(N(C(C)=O)c2ccc(C)cc2C)n1. The molecule has 0 N–H and O–H groups in total. The second kappa shape index (κ2) is 10.3. The number of aromatic nitrogens is 1. The van der Waals surface area contributed by atoms with E-state index in [0.717, 1.165) is 16.8 Å². The molecule has 2 amide bonds. The number of para-hydroxylation sites is 1. The van der Waals surface area contributed by atoms with Gasteiger partial charge in [-0.2, -0.15) is 0 Å². The van der Waals surface area contributed by atoms with Crippen molar-refractivity contribution in [3.63, 3.8) is 0 Å². The number of benzene rings is 2. The zero-order valence-corrected chi connectivity index (χ0v) is 19.9. The molecular weight excluding hydrogens is 442 g/mol. The van der Waals surface area contributed by atoms with Crippen LogP contribution < -0.4 is 9.80 Å². The Balaban J connectivity index is 1.77. The monoisotopic (exact) mass is 467 g/mol. The van der Waals surface area contributed by atoms with Gasteiger partial charge in [0.1, 0.15) is 6.61 Å². The van der Waals surface area contributed by atoms with E-state index in [1.165, 1.54) is 37.3 Å². The Bertz CT molecular complexity index is 1190. The molecule has 1 aromatic heterocycles. The number of thiazole rings is 1. The molecule has 2 aromatic carbocycles. The van der Waals surface area contributed by atoms with Crippen LogP contribution >= 0.6 is 11.3 Å². The largest absolute Gasteiger partial charge is 0.455 e.